The number of phenols is 1. The molecule has 3 aromatic carbocycles. The Hall–Kier alpha value is -3.58. The van der Waals surface area contributed by atoms with E-state index in [0.29, 0.717) is 11.4 Å². The number of halogens is 2. The second kappa shape index (κ2) is 8.84. The Morgan fingerprint density at radius 2 is 1.67 bits per heavy atom. The summed E-state index contributed by atoms with van der Waals surface area (Å²) in [6.45, 7) is 1.79. The number of rotatable bonds is 5. The van der Waals surface area contributed by atoms with E-state index in [1.165, 1.54) is 37.4 Å². The summed E-state index contributed by atoms with van der Waals surface area (Å²) in [5.41, 5.74) is 1.29. The van der Waals surface area contributed by atoms with Gasteiger partial charge >= 0.3 is 0 Å². The first-order chi connectivity index (χ1) is 14.3. The van der Waals surface area contributed by atoms with Gasteiger partial charge in [-0.3, -0.25) is 9.59 Å². The van der Waals surface area contributed by atoms with Crippen LogP contribution in [0.25, 0.3) is 0 Å². The minimum Gasteiger partial charge on any atom is -0.507 e. The number of hydrogen-bond donors (Lipinski definition) is 3. The highest BCUT2D eigenvalue weighted by Gasteiger charge is 2.16. The highest BCUT2D eigenvalue weighted by atomic mass is 35.5. The molecule has 0 aliphatic heterocycles. The average Bonchev–Trinajstić information content (AvgIpc) is 2.68. The SMILES string of the molecule is COc1ccc(NC(=O)c2ccc(C)cc2O)cc1NC(=O)c1ccc(Cl)cc1F. The smallest absolute Gasteiger partial charge is 0.259 e. The van der Waals surface area contributed by atoms with Gasteiger partial charge in [0.1, 0.15) is 17.3 Å². The Labute approximate surface area is 177 Å². The van der Waals surface area contributed by atoms with Crippen LogP contribution < -0.4 is 15.4 Å². The number of aromatic hydroxyl groups is 1. The van der Waals surface area contributed by atoms with Gasteiger partial charge in [0.25, 0.3) is 11.8 Å². The van der Waals surface area contributed by atoms with E-state index in [4.69, 9.17) is 16.3 Å². The van der Waals surface area contributed by atoms with Crippen LogP contribution in [0.2, 0.25) is 5.02 Å². The lowest BCUT2D eigenvalue weighted by Crippen LogP contribution is -2.16. The lowest BCUT2D eigenvalue weighted by atomic mass is 10.1. The fourth-order valence-corrected chi connectivity index (χ4v) is 2.94. The highest BCUT2D eigenvalue weighted by Crippen LogP contribution is 2.29. The van der Waals surface area contributed by atoms with Crippen LogP contribution in [-0.4, -0.2) is 24.0 Å². The van der Waals surface area contributed by atoms with Gasteiger partial charge in [0, 0.05) is 10.7 Å². The lowest BCUT2D eigenvalue weighted by Gasteiger charge is -2.13. The molecule has 0 saturated carbocycles. The summed E-state index contributed by atoms with van der Waals surface area (Å²) in [4.78, 5) is 25.0. The Bertz CT molecular complexity index is 1130. The molecule has 0 saturated heterocycles. The molecule has 3 aromatic rings. The van der Waals surface area contributed by atoms with E-state index in [0.717, 1.165) is 11.6 Å². The number of benzene rings is 3. The first-order valence-corrected chi connectivity index (χ1v) is 9.21. The zero-order valence-electron chi connectivity index (χ0n) is 16.1. The predicted octanol–water partition coefficient (Wildman–Crippen LogP) is 5.01. The average molecular weight is 429 g/mol. The van der Waals surface area contributed by atoms with Crippen molar-refractivity contribution in [3.8, 4) is 11.5 Å². The van der Waals surface area contributed by atoms with Crippen LogP contribution in [-0.2, 0) is 0 Å². The van der Waals surface area contributed by atoms with Crippen LogP contribution in [0.5, 0.6) is 11.5 Å². The molecule has 6 nitrogen and oxygen atoms in total. The van der Waals surface area contributed by atoms with Gasteiger partial charge in [0.15, 0.2) is 0 Å². The molecule has 0 radical (unpaired) electrons. The maximum absolute atomic E-state index is 14.0. The number of methoxy groups -OCH3 is 1. The summed E-state index contributed by atoms with van der Waals surface area (Å²) >= 11 is 5.72. The van der Waals surface area contributed by atoms with Crippen LogP contribution >= 0.6 is 11.6 Å². The second-order valence-electron chi connectivity index (χ2n) is 6.47. The van der Waals surface area contributed by atoms with E-state index in [9.17, 15) is 19.1 Å². The number of ether oxygens (including phenoxy) is 1. The van der Waals surface area contributed by atoms with Gasteiger partial charge in [-0.1, -0.05) is 17.7 Å². The topological polar surface area (TPSA) is 87.7 Å². The number of anilines is 2. The van der Waals surface area contributed by atoms with E-state index in [-0.39, 0.29) is 27.6 Å². The molecule has 0 bridgehead atoms. The Kier molecular flexibility index (Phi) is 6.23. The normalized spacial score (nSPS) is 10.4. The summed E-state index contributed by atoms with van der Waals surface area (Å²) in [6.07, 6.45) is 0. The number of aryl methyl sites for hydroxylation is 1. The molecular formula is C22H18ClFN2O4. The fourth-order valence-electron chi connectivity index (χ4n) is 2.78. The molecule has 0 fully saturated rings. The van der Waals surface area contributed by atoms with Crippen LogP contribution in [0.3, 0.4) is 0 Å². The van der Waals surface area contributed by atoms with Crippen LogP contribution in [0.4, 0.5) is 15.8 Å². The molecule has 0 unspecified atom stereocenters. The first kappa shape index (κ1) is 21.1. The van der Waals surface area contributed by atoms with E-state index in [2.05, 4.69) is 10.6 Å². The number of phenolic OH excluding ortho intramolecular Hbond substituents is 1. The van der Waals surface area contributed by atoms with Crippen molar-refractivity contribution in [3.05, 3.63) is 82.1 Å². The summed E-state index contributed by atoms with van der Waals surface area (Å²) in [5.74, 6) is -1.83. The number of carbonyl (C=O) groups excluding carboxylic acids is 2. The molecule has 154 valence electrons. The molecule has 3 rings (SSSR count). The monoisotopic (exact) mass is 428 g/mol. The Balaban J connectivity index is 1.84. The molecular weight excluding hydrogens is 411 g/mol. The minimum absolute atomic E-state index is 0.102. The van der Waals surface area contributed by atoms with Gasteiger partial charge in [-0.2, -0.15) is 0 Å². The van der Waals surface area contributed by atoms with Crippen molar-refractivity contribution < 1.29 is 23.8 Å². The van der Waals surface area contributed by atoms with E-state index in [1.807, 2.05) is 0 Å². The van der Waals surface area contributed by atoms with Gasteiger partial charge in [0.2, 0.25) is 0 Å². The first-order valence-electron chi connectivity index (χ1n) is 8.84. The Morgan fingerprint density at radius 1 is 0.967 bits per heavy atom. The Morgan fingerprint density at radius 3 is 2.33 bits per heavy atom. The van der Waals surface area contributed by atoms with Crippen molar-refractivity contribution in [2.24, 2.45) is 0 Å². The van der Waals surface area contributed by atoms with Crippen LogP contribution in [0, 0.1) is 12.7 Å². The molecule has 3 N–H and O–H groups in total. The van der Waals surface area contributed by atoms with Gasteiger partial charge in [-0.25, -0.2) is 4.39 Å². The van der Waals surface area contributed by atoms with Gasteiger partial charge in [-0.05, 0) is 61.0 Å². The van der Waals surface area contributed by atoms with E-state index in [1.54, 1.807) is 25.1 Å². The van der Waals surface area contributed by atoms with Crippen molar-refractivity contribution in [1.29, 1.82) is 0 Å². The van der Waals surface area contributed by atoms with E-state index >= 15 is 0 Å². The molecule has 0 aliphatic carbocycles. The van der Waals surface area contributed by atoms with Gasteiger partial charge < -0.3 is 20.5 Å². The lowest BCUT2D eigenvalue weighted by molar-refractivity contribution is 0.101. The molecule has 0 aromatic heterocycles. The number of amides is 2. The summed E-state index contributed by atoms with van der Waals surface area (Å²) in [5, 5.41) is 15.4. The third-order valence-corrected chi connectivity index (χ3v) is 4.51. The number of hydrogen-bond acceptors (Lipinski definition) is 4. The third kappa shape index (κ3) is 4.69. The van der Waals surface area contributed by atoms with Crippen molar-refractivity contribution in [3.63, 3.8) is 0 Å². The molecule has 8 heteroatoms. The number of carbonyl (C=O) groups is 2. The predicted molar refractivity (Wildman–Crippen MR) is 113 cm³/mol. The van der Waals surface area contributed by atoms with Crippen molar-refractivity contribution in [2.75, 3.05) is 17.7 Å². The standard InChI is InChI=1S/C22H18ClFN2O4/c1-12-3-6-16(19(27)9-12)22(29)25-14-5-8-20(30-2)18(11-14)26-21(28)15-7-4-13(23)10-17(15)24/h3-11,27H,1-2H3,(H,25,29)(H,26,28). The molecule has 0 aliphatic rings. The largest absolute Gasteiger partial charge is 0.507 e. The molecule has 30 heavy (non-hydrogen) atoms. The quantitative estimate of drug-likeness (QED) is 0.533. The number of nitrogens with one attached hydrogen (secondary N) is 2. The zero-order chi connectivity index (χ0) is 21.8. The van der Waals surface area contributed by atoms with Crippen molar-refractivity contribution >= 4 is 34.8 Å². The minimum atomic E-state index is -0.765. The zero-order valence-corrected chi connectivity index (χ0v) is 16.9. The van der Waals surface area contributed by atoms with Crippen molar-refractivity contribution in [1.82, 2.24) is 0 Å². The van der Waals surface area contributed by atoms with E-state index < -0.39 is 17.6 Å². The van der Waals surface area contributed by atoms with Crippen molar-refractivity contribution in [2.45, 2.75) is 6.92 Å². The van der Waals surface area contributed by atoms with Crippen LogP contribution in [0.1, 0.15) is 26.3 Å². The summed E-state index contributed by atoms with van der Waals surface area (Å²) in [7, 11) is 1.41. The molecule has 0 spiro atoms. The molecule has 0 atom stereocenters. The third-order valence-electron chi connectivity index (χ3n) is 4.28. The second-order valence-corrected chi connectivity index (χ2v) is 6.90. The fraction of sp³-hybridized carbons (Fsp3) is 0.0909. The van der Waals surface area contributed by atoms with Gasteiger partial charge in [0.05, 0.1) is 23.9 Å². The van der Waals surface area contributed by atoms with Gasteiger partial charge in [-0.15, -0.1) is 0 Å². The summed E-state index contributed by atoms with van der Waals surface area (Å²) in [6, 6.07) is 13.0. The highest BCUT2D eigenvalue weighted by molar-refractivity contribution is 6.30. The maximum Gasteiger partial charge on any atom is 0.259 e. The maximum atomic E-state index is 14.0. The molecule has 0 heterocycles. The molecule has 2 amide bonds. The van der Waals surface area contributed by atoms with Crippen LogP contribution in [0.15, 0.2) is 54.6 Å². The summed E-state index contributed by atoms with van der Waals surface area (Å²) < 4.78 is 19.3.